The van der Waals surface area contributed by atoms with Gasteiger partial charge in [-0.25, -0.2) is 8.42 Å². The summed E-state index contributed by atoms with van der Waals surface area (Å²) in [4.78, 5) is 13.6. The first-order valence-electron chi connectivity index (χ1n) is 8.01. The predicted octanol–water partition coefficient (Wildman–Crippen LogP) is 2.76. The first kappa shape index (κ1) is 17.3. The van der Waals surface area contributed by atoms with Gasteiger partial charge in [-0.1, -0.05) is 30.3 Å². The largest absolute Gasteiger partial charge is 0.494 e. The van der Waals surface area contributed by atoms with Gasteiger partial charge in [0.05, 0.1) is 24.2 Å². The molecule has 2 aromatic rings. The van der Waals surface area contributed by atoms with Crippen LogP contribution in [0.15, 0.2) is 48.5 Å². The summed E-state index contributed by atoms with van der Waals surface area (Å²) in [6.45, 7) is 0.647. The van der Waals surface area contributed by atoms with Crippen molar-refractivity contribution in [2.75, 3.05) is 23.3 Å². The highest BCUT2D eigenvalue weighted by Crippen LogP contribution is 2.34. The fourth-order valence-electron chi connectivity index (χ4n) is 2.88. The van der Waals surface area contributed by atoms with E-state index in [0.29, 0.717) is 35.7 Å². The Labute approximate surface area is 147 Å². The molecule has 25 heavy (non-hydrogen) atoms. The molecule has 1 aliphatic rings. The van der Waals surface area contributed by atoms with Crippen LogP contribution < -0.4 is 14.4 Å². The molecule has 7 heteroatoms. The lowest BCUT2D eigenvalue weighted by Crippen LogP contribution is -2.24. The van der Waals surface area contributed by atoms with E-state index in [4.69, 9.17) is 4.74 Å². The maximum Gasteiger partial charge on any atom is 0.236 e. The number of nitrogens with one attached hydrogen (secondary N) is 1. The zero-order valence-corrected chi connectivity index (χ0v) is 14.8. The van der Waals surface area contributed by atoms with E-state index in [0.717, 1.165) is 6.42 Å². The third-order valence-corrected chi connectivity index (χ3v) is 5.28. The standard InChI is InChI=1S/C18H20N2O4S/c1-24-17-12-15(9-10-16(17)20-11-5-8-18(20)21)19-25(22,23)13-14-6-3-2-4-7-14/h2-4,6-7,9-10,12,19H,5,8,11,13H2,1H3. The summed E-state index contributed by atoms with van der Waals surface area (Å²) in [6.07, 6.45) is 1.34. The average molecular weight is 360 g/mol. The Kier molecular flexibility index (Phi) is 4.94. The monoisotopic (exact) mass is 360 g/mol. The first-order valence-corrected chi connectivity index (χ1v) is 9.66. The maximum absolute atomic E-state index is 12.3. The normalized spacial score (nSPS) is 14.6. The molecule has 6 nitrogen and oxygen atoms in total. The number of ether oxygens (including phenoxy) is 1. The second kappa shape index (κ2) is 7.14. The Morgan fingerprint density at radius 1 is 1.16 bits per heavy atom. The van der Waals surface area contributed by atoms with Crippen molar-refractivity contribution in [3.63, 3.8) is 0 Å². The first-order chi connectivity index (χ1) is 12.0. The minimum atomic E-state index is -3.54. The zero-order chi connectivity index (χ0) is 17.9. The van der Waals surface area contributed by atoms with Gasteiger partial charge >= 0.3 is 0 Å². The summed E-state index contributed by atoms with van der Waals surface area (Å²) < 4.78 is 32.6. The van der Waals surface area contributed by atoms with E-state index < -0.39 is 10.0 Å². The lowest BCUT2D eigenvalue weighted by molar-refractivity contribution is -0.117. The van der Waals surface area contributed by atoms with E-state index in [1.807, 2.05) is 6.07 Å². The van der Waals surface area contributed by atoms with Gasteiger partial charge in [0.1, 0.15) is 5.75 Å². The summed E-state index contributed by atoms with van der Waals surface area (Å²) in [5.74, 6) is 0.411. The SMILES string of the molecule is COc1cc(NS(=O)(=O)Cc2ccccc2)ccc1N1CCCC1=O. The molecule has 0 aliphatic carbocycles. The van der Waals surface area contributed by atoms with Crippen LogP contribution in [0.2, 0.25) is 0 Å². The number of sulfonamides is 1. The molecular weight excluding hydrogens is 340 g/mol. The highest BCUT2D eigenvalue weighted by molar-refractivity contribution is 7.91. The second-order valence-corrected chi connectivity index (χ2v) is 7.60. The molecule has 132 valence electrons. The molecule has 1 heterocycles. The van der Waals surface area contributed by atoms with E-state index in [-0.39, 0.29) is 11.7 Å². The van der Waals surface area contributed by atoms with E-state index >= 15 is 0 Å². The van der Waals surface area contributed by atoms with Crippen molar-refractivity contribution in [2.24, 2.45) is 0 Å². The molecule has 0 aromatic heterocycles. The summed E-state index contributed by atoms with van der Waals surface area (Å²) in [5.41, 5.74) is 1.78. The van der Waals surface area contributed by atoms with Gasteiger partial charge in [-0.05, 0) is 24.1 Å². The zero-order valence-electron chi connectivity index (χ0n) is 13.9. The smallest absolute Gasteiger partial charge is 0.236 e. The minimum absolute atomic E-state index is 0.0516. The predicted molar refractivity (Wildman–Crippen MR) is 97.3 cm³/mol. The average Bonchev–Trinajstić information content (AvgIpc) is 3.00. The number of amides is 1. The molecular formula is C18H20N2O4S. The summed E-state index contributed by atoms with van der Waals surface area (Å²) in [6, 6.07) is 13.9. The van der Waals surface area contributed by atoms with Crippen molar-refractivity contribution in [1.29, 1.82) is 0 Å². The van der Waals surface area contributed by atoms with Crippen molar-refractivity contribution in [3.05, 3.63) is 54.1 Å². The lowest BCUT2D eigenvalue weighted by atomic mass is 10.2. The highest BCUT2D eigenvalue weighted by atomic mass is 32.2. The van der Waals surface area contributed by atoms with Crippen LogP contribution in [0, 0.1) is 0 Å². The van der Waals surface area contributed by atoms with Crippen molar-refractivity contribution in [1.82, 2.24) is 0 Å². The molecule has 1 N–H and O–H groups in total. The van der Waals surface area contributed by atoms with Gasteiger partial charge in [0, 0.05) is 19.0 Å². The molecule has 2 aromatic carbocycles. The Hall–Kier alpha value is -2.54. The molecule has 1 saturated heterocycles. The molecule has 0 spiro atoms. The number of methoxy groups -OCH3 is 1. The quantitative estimate of drug-likeness (QED) is 0.859. The van der Waals surface area contributed by atoms with E-state index in [1.54, 1.807) is 47.4 Å². The van der Waals surface area contributed by atoms with Gasteiger partial charge in [0.25, 0.3) is 0 Å². The van der Waals surface area contributed by atoms with Crippen LogP contribution in [0.3, 0.4) is 0 Å². The molecule has 0 bridgehead atoms. The maximum atomic E-state index is 12.3. The molecule has 1 aliphatic heterocycles. The summed E-state index contributed by atoms with van der Waals surface area (Å²) in [7, 11) is -2.04. The summed E-state index contributed by atoms with van der Waals surface area (Å²) >= 11 is 0. The van der Waals surface area contributed by atoms with Gasteiger partial charge in [-0.15, -0.1) is 0 Å². The highest BCUT2D eigenvalue weighted by Gasteiger charge is 2.24. The van der Waals surface area contributed by atoms with Crippen molar-refractivity contribution in [3.8, 4) is 5.75 Å². The molecule has 0 unspecified atom stereocenters. The Morgan fingerprint density at radius 2 is 1.92 bits per heavy atom. The summed E-state index contributed by atoms with van der Waals surface area (Å²) in [5, 5.41) is 0. The molecule has 0 radical (unpaired) electrons. The van der Waals surface area contributed by atoms with E-state index in [1.165, 1.54) is 7.11 Å². The fraction of sp³-hybridized carbons (Fsp3) is 0.278. The van der Waals surface area contributed by atoms with Crippen LogP contribution in [-0.2, 0) is 20.6 Å². The molecule has 1 fully saturated rings. The van der Waals surface area contributed by atoms with Gasteiger partial charge in [-0.2, -0.15) is 0 Å². The van der Waals surface area contributed by atoms with Crippen LogP contribution >= 0.6 is 0 Å². The molecule has 0 atom stereocenters. The van der Waals surface area contributed by atoms with Crippen LogP contribution in [0.5, 0.6) is 5.75 Å². The van der Waals surface area contributed by atoms with Crippen LogP contribution in [0.25, 0.3) is 0 Å². The van der Waals surface area contributed by atoms with E-state index in [2.05, 4.69) is 4.72 Å². The van der Waals surface area contributed by atoms with Crippen LogP contribution in [0.1, 0.15) is 18.4 Å². The molecule has 3 rings (SSSR count). The topological polar surface area (TPSA) is 75.7 Å². The van der Waals surface area contributed by atoms with Crippen LogP contribution in [-0.4, -0.2) is 28.0 Å². The van der Waals surface area contributed by atoms with Gasteiger partial charge in [0.2, 0.25) is 15.9 Å². The van der Waals surface area contributed by atoms with Crippen molar-refractivity contribution in [2.45, 2.75) is 18.6 Å². The molecule has 0 saturated carbocycles. The Balaban J connectivity index is 1.80. The fourth-order valence-corrected chi connectivity index (χ4v) is 4.07. The van der Waals surface area contributed by atoms with Crippen molar-refractivity contribution < 1.29 is 17.9 Å². The minimum Gasteiger partial charge on any atom is -0.494 e. The Morgan fingerprint density at radius 3 is 2.56 bits per heavy atom. The number of rotatable bonds is 6. The number of nitrogens with zero attached hydrogens (tertiary/aromatic N) is 1. The second-order valence-electron chi connectivity index (χ2n) is 5.88. The number of carbonyl (C=O) groups excluding carboxylic acids is 1. The third-order valence-electron chi connectivity index (χ3n) is 4.02. The van der Waals surface area contributed by atoms with Gasteiger partial charge in [-0.3, -0.25) is 9.52 Å². The number of hydrogen-bond donors (Lipinski definition) is 1. The lowest BCUT2D eigenvalue weighted by Gasteiger charge is -2.20. The number of benzene rings is 2. The van der Waals surface area contributed by atoms with Crippen LogP contribution in [0.4, 0.5) is 11.4 Å². The Bertz CT molecular complexity index is 866. The van der Waals surface area contributed by atoms with Gasteiger partial charge < -0.3 is 9.64 Å². The third kappa shape index (κ3) is 4.11. The van der Waals surface area contributed by atoms with E-state index in [9.17, 15) is 13.2 Å². The van der Waals surface area contributed by atoms with Crippen molar-refractivity contribution >= 4 is 27.3 Å². The number of carbonyl (C=O) groups is 1. The number of anilines is 2. The van der Waals surface area contributed by atoms with Gasteiger partial charge in [0.15, 0.2) is 0 Å². The molecule has 1 amide bonds. The number of hydrogen-bond acceptors (Lipinski definition) is 4.